The molecule has 1 atom stereocenters. The van der Waals surface area contributed by atoms with E-state index in [1.54, 1.807) is 6.07 Å². The van der Waals surface area contributed by atoms with Crippen molar-refractivity contribution in [1.82, 2.24) is 10.3 Å². The van der Waals surface area contributed by atoms with Crippen LogP contribution in [0.5, 0.6) is 0 Å². The standard InChI is InChI=1S/C17H21FN2/c1-2-19-16(17-12-11-15(18)13-20-17)10-6-9-14-7-4-3-5-8-14/h3-5,7-8,11-13,16,19H,2,6,9-10H2,1H3. The highest BCUT2D eigenvalue weighted by Gasteiger charge is 2.11. The monoisotopic (exact) mass is 272 g/mol. The molecule has 0 amide bonds. The highest BCUT2D eigenvalue weighted by molar-refractivity contribution is 5.15. The van der Waals surface area contributed by atoms with Gasteiger partial charge in [-0.15, -0.1) is 0 Å². The van der Waals surface area contributed by atoms with Gasteiger partial charge >= 0.3 is 0 Å². The Morgan fingerprint density at radius 3 is 2.60 bits per heavy atom. The van der Waals surface area contributed by atoms with Crippen molar-refractivity contribution >= 4 is 0 Å². The van der Waals surface area contributed by atoms with Crippen molar-refractivity contribution in [3.8, 4) is 0 Å². The van der Waals surface area contributed by atoms with Crippen molar-refractivity contribution in [2.24, 2.45) is 0 Å². The fourth-order valence-corrected chi connectivity index (χ4v) is 2.35. The van der Waals surface area contributed by atoms with Crippen molar-refractivity contribution in [1.29, 1.82) is 0 Å². The topological polar surface area (TPSA) is 24.9 Å². The molecule has 0 fully saturated rings. The summed E-state index contributed by atoms with van der Waals surface area (Å²) in [7, 11) is 0. The minimum atomic E-state index is -0.284. The summed E-state index contributed by atoms with van der Waals surface area (Å²) in [5.41, 5.74) is 2.27. The van der Waals surface area contributed by atoms with Gasteiger partial charge in [0.15, 0.2) is 0 Å². The first-order valence-corrected chi connectivity index (χ1v) is 7.18. The number of hydrogen-bond acceptors (Lipinski definition) is 2. The van der Waals surface area contributed by atoms with Crippen LogP contribution >= 0.6 is 0 Å². The molecule has 3 heteroatoms. The Labute approximate surface area is 120 Å². The van der Waals surface area contributed by atoms with E-state index < -0.39 is 0 Å². The average Bonchev–Trinajstić information content (AvgIpc) is 2.48. The van der Waals surface area contributed by atoms with Gasteiger partial charge in [0.2, 0.25) is 0 Å². The zero-order chi connectivity index (χ0) is 14.2. The first-order valence-electron chi connectivity index (χ1n) is 7.18. The van der Waals surface area contributed by atoms with E-state index in [1.165, 1.54) is 17.8 Å². The number of pyridine rings is 1. The van der Waals surface area contributed by atoms with E-state index in [1.807, 2.05) is 6.07 Å². The third-order valence-corrected chi connectivity index (χ3v) is 3.36. The predicted octanol–water partition coefficient (Wildman–Crippen LogP) is 3.89. The molecule has 2 nitrogen and oxygen atoms in total. The highest BCUT2D eigenvalue weighted by Crippen LogP contribution is 2.18. The summed E-state index contributed by atoms with van der Waals surface area (Å²) in [6.07, 6.45) is 4.43. The van der Waals surface area contributed by atoms with E-state index in [2.05, 4.69) is 41.5 Å². The summed E-state index contributed by atoms with van der Waals surface area (Å²) in [5.74, 6) is -0.284. The summed E-state index contributed by atoms with van der Waals surface area (Å²) in [6, 6.07) is 13.9. The van der Waals surface area contributed by atoms with Crippen LogP contribution in [-0.4, -0.2) is 11.5 Å². The molecule has 0 radical (unpaired) electrons. The number of hydrogen-bond donors (Lipinski definition) is 1. The number of aryl methyl sites for hydroxylation is 1. The van der Waals surface area contributed by atoms with Crippen LogP contribution in [0.25, 0.3) is 0 Å². The van der Waals surface area contributed by atoms with Gasteiger partial charge in [-0.1, -0.05) is 37.3 Å². The first kappa shape index (κ1) is 14.7. The maximum absolute atomic E-state index is 12.9. The second-order valence-electron chi connectivity index (χ2n) is 4.89. The van der Waals surface area contributed by atoms with Gasteiger partial charge in [0, 0.05) is 6.04 Å². The van der Waals surface area contributed by atoms with Gasteiger partial charge in [0.25, 0.3) is 0 Å². The lowest BCUT2D eigenvalue weighted by Crippen LogP contribution is -2.22. The molecule has 0 aliphatic carbocycles. The largest absolute Gasteiger partial charge is 0.309 e. The minimum Gasteiger partial charge on any atom is -0.309 e. The zero-order valence-corrected chi connectivity index (χ0v) is 11.8. The van der Waals surface area contributed by atoms with E-state index in [0.717, 1.165) is 31.5 Å². The van der Waals surface area contributed by atoms with Crippen molar-refractivity contribution < 1.29 is 4.39 Å². The lowest BCUT2D eigenvalue weighted by Gasteiger charge is -2.17. The van der Waals surface area contributed by atoms with E-state index in [9.17, 15) is 4.39 Å². The van der Waals surface area contributed by atoms with Gasteiger partial charge in [-0.25, -0.2) is 4.39 Å². The number of benzene rings is 1. The van der Waals surface area contributed by atoms with Gasteiger partial charge in [-0.2, -0.15) is 0 Å². The Morgan fingerprint density at radius 1 is 1.15 bits per heavy atom. The number of nitrogens with one attached hydrogen (secondary N) is 1. The molecule has 20 heavy (non-hydrogen) atoms. The summed E-state index contributed by atoms with van der Waals surface area (Å²) >= 11 is 0. The fraction of sp³-hybridized carbons (Fsp3) is 0.353. The molecule has 1 N–H and O–H groups in total. The van der Waals surface area contributed by atoms with Crippen molar-refractivity contribution in [3.63, 3.8) is 0 Å². The van der Waals surface area contributed by atoms with Crippen LogP contribution in [0.15, 0.2) is 48.7 Å². The smallest absolute Gasteiger partial charge is 0.141 e. The lowest BCUT2D eigenvalue weighted by molar-refractivity contribution is 0.485. The molecule has 0 aliphatic heterocycles. The van der Waals surface area contributed by atoms with Gasteiger partial charge in [-0.3, -0.25) is 4.98 Å². The molecule has 1 heterocycles. The third-order valence-electron chi connectivity index (χ3n) is 3.36. The molecular weight excluding hydrogens is 251 g/mol. The number of halogens is 1. The van der Waals surface area contributed by atoms with Crippen LogP contribution in [0.2, 0.25) is 0 Å². The Balaban J connectivity index is 1.90. The van der Waals surface area contributed by atoms with E-state index >= 15 is 0 Å². The summed E-state index contributed by atoms with van der Waals surface area (Å²) in [6.45, 7) is 2.96. The average molecular weight is 272 g/mol. The second-order valence-corrected chi connectivity index (χ2v) is 4.89. The molecule has 0 saturated heterocycles. The van der Waals surface area contributed by atoms with Crippen molar-refractivity contribution in [3.05, 3.63) is 65.7 Å². The van der Waals surface area contributed by atoms with Crippen LogP contribution in [0, 0.1) is 5.82 Å². The molecule has 0 aliphatic rings. The fourth-order valence-electron chi connectivity index (χ4n) is 2.35. The summed E-state index contributed by atoms with van der Waals surface area (Å²) in [5, 5.41) is 3.42. The maximum Gasteiger partial charge on any atom is 0.141 e. The van der Waals surface area contributed by atoms with Crippen LogP contribution < -0.4 is 5.32 Å². The molecule has 2 aromatic rings. The Hall–Kier alpha value is -1.74. The number of nitrogens with zero attached hydrogens (tertiary/aromatic N) is 1. The molecule has 0 saturated carbocycles. The molecule has 0 bridgehead atoms. The molecular formula is C17H21FN2. The molecule has 1 aromatic carbocycles. The zero-order valence-electron chi connectivity index (χ0n) is 11.8. The van der Waals surface area contributed by atoms with Crippen molar-refractivity contribution in [2.75, 3.05) is 6.54 Å². The SMILES string of the molecule is CCNC(CCCc1ccccc1)c1ccc(F)cn1. The Bertz CT molecular complexity index is 496. The van der Waals surface area contributed by atoms with Crippen LogP contribution in [-0.2, 0) is 6.42 Å². The lowest BCUT2D eigenvalue weighted by atomic mass is 10.0. The van der Waals surface area contributed by atoms with E-state index in [-0.39, 0.29) is 11.9 Å². The Kier molecular flexibility index (Phi) is 5.69. The second kappa shape index (κ2) is 7.75. The third kappa shape index (κ3) is 4.42. The Morgan fingerprint density at radius 2 is 1.95 bits per heavy atom. The number of aromatic nitrogens is 1. The molecule has 106 valence electrons. The van der Waals surface area contributed by atoms with E-state index in [4.69, 9.17) is 0 Å². The van der Waals surface area contributed by atoms with Gasteiger partial charge in [0.05, 0.1) is 11.9 Å². The number of rotatable bonds is 7. The predicted molar refractivity (Wildman–Crippen MR) is 80.0 cm³/mol. The van der Waals surface area contributed by atoms with E-state index in [0.29, 0.717) is 0 Å². The van der Waals surface area contributed by atoms with Crippen LogP contribution in [0.3, 0.4) is 0 Å². The minimum absolute atomic E-state index is 0.198. The van der Waals surface area contributed by atoms with Crippen molar-refractivity contribution in [2.45, 2.75) is 32.2 Å². The van der Waals surface area contributed by atoms with Gasteiger partial charge in [0.1, 0.15) is 5.82 Å². The molecule has 1 unspecified atom stereocenters. The van der Waals surface area contributed by atoms with Crippen LogP contribution in [0.1, 0.15) is 37.1 Å². The van der Waals surface area contributed by atoms with Crippen LogP contribution in [0.4, 0.5) is 4.39 Å². The highest BCUT2D eigenvalue weighted by atomic mass is 19.1. The molecule has 1 aromatic heterocycles. The normalized spacial score (nSPS) is 12.3. The van der Waals surface area contributed by atoms with Gasteiger partial charge < -0.3 is 5.32 Å². The molecule has 2 rings (SSSR count). The molecule has 0 spiro atoms. The van der Waals surface area contributed by atoms with Gasteiger partial charge in [-0.05, 0) is 43.5 Å². The maximum atomic E-state index is 12.9. The summed E-state index contributed by atoms with van der Waals surface area (Å²) < 4.78 is 12.9. The first-order chi connectivity index (χ1) is 9.79. The summed E-state index contributed by atoms with van der Waals surface area (Å²) in [4.78, 5) is 4.19. The quantitative estimate of drug-likeness (QED) is 0.827.